The first-order valence-corrected chi connectivity index (χ1v) is 6.46. The van der Waals surface area contributed by atoms with E-state index >= 15 is 0 Å². The lowest BCUT2D eigenvalue weighted by Crippen LogP contribution is -2.15. The molecule has 1 atom stereocenters. The summed E-state index contributed by atoms with van der Waals surface area (Å²) in [6, 6.07) is 6.92. The van der Waals surface area contributed by atoms with Gasteiger partial charge in [-0.1, -0.05) is 0 Å². The lowest BCUT2D eigenvalue weighted by molar-refractivity contribution is -0.116. The lowest BCUT2D eigenvalue weighted by atomic mass is 10.1. The molecule has 2 rings (SSSR count). The molecular formula is C12H12N2O3S. The van der Waals surface area contributed by atoms with Gasteiger partial charge < -0.3 is 4.74 Å². The van der Waals surface area contributed by atoms with Crippen LogP contribution in [-0.2, 0) is 4.79 Å². The normalized spacial score (nSPS) is 18.7. The van der Waals surface area contributed by atoms with Crippen LogP contribution in [0.25, 0.3) is 0 Å². The Hall–Kier alpha value is -1.69. The number of azo groups is 1. The van der Waals surface area contributed by atoms with Crippen molar-refractivity contribution in [2.45, 2.75) is 11.8 Å². The average molecular weight is 264 g/mol. The summed E-state index contributed by atoms with van der Waals surface area (Å²) in [5, 5.41) is 7.03. The maximum atomic E-state index is 12.0. The number of ether oxygens (including phenoxy) is 1. The number of rotatable bonds is 4. The quantitative estimate of drug-likeness (QED) is 0.783. The average Bonchev–Trinajstić information content (AvgIpc) is 2.41. The van der Waals surface area contributed by atoms with Gasteiger partial charge in [-0.25, -0.2) is 0 Å². The zero-order chi connectivity index (χ0) is 13.0. The Balaban J connectivity index is 1.98. The molecule has 0 aliphatic carbocycles. The van der Waals surface area contributed by atoms with Crippen LogP contribution in [0.1, 0.15) is 16.8 Å². The minimum absolute atomic E-state index is 0.0107. The van der Waals surface area contributed by atoms with Crippen molar-refractivity contribution < 1.29 is 14.3 Å². The minimum atomic E-state index is -0.252. The molecule has 0 N–H and O–H groups in total. The fourth-order valence-electron chi connectivity index (χ4n) is 1.51. The lowest BCUT2D eigenvalue weighted by Gasteiger charge is -2.12. The van der Waals surface area contributed by atoms with Gasteiger partial charge in [0, 0.05) is 12.0 Å². The van der Waals surface area contributed by atoms with Crippen LogP contribution in [0.5, 0.6) is 5.75 Å². The van der Waals surface area contributed by atoms with E-state index in [-0.39, 0.29) is 23.5 Å². The minimum Gasteiger partial charge on any atom is -0.497 e. The number of hydrogen-bond acceptors (Lipinski definition) is 5. The molecule has 0 aromatic heterocycles. The second-order valence-corrected chi connectivity index (χ2v) is 4.90. The van der Waals surface area contributed by atoms with Crippen LogP contribution in [0, 0.1) is 0 Å². The molecule has 1 unspecified atom stereocenters. The first-order chi connectivity index (χ1) is 8.69. The van der Waals surface area contributed by atoms with E-state index in [1.165, 1.54) is 11.8 Å². The molecule has 0 spiro atoms. The molecule has 0 saturated carbocycles. The molecule has 18 heavy (non-hydrogen) atoms. The summed E-state index contributed by atoms with van der Waals surface area (Å²) < 4.78 is 5.02. The number of nitrogens with zero attached hydrogens (tertiary/aromatic N) is 2. The number of benzene rings is 1. The molecule has 1 amide bonds. The standard InChI is InChI=1S/C12H12N2O3S/c1-17-9-4-2-8(3-5-9)10(15)6-12-14-13-11(16)7-18-12/h2-5,12H,6-7H2,1H3. The molecule has 6 heteroatoms. The van der Waals surface area contributed by atoms with Crippen LogP contribution in [0.15, 0.2) is 34.5 Å². The summed E-state index contributed by atoms with van der Waals surface area (Å²) in [5.41, 5.74) is 0.614. The molecule has 1 aliphatic heterocycles. The van der Waals surface area contributed by atoms with E-state index in [4.69, 9.17) is 4.74 Å². The topological polar surface area (TPSA) is 68.1 Å². The fourth-order valence-corrected chi connectivity index (χ4v) is 2.29. The van der Waals surface area contributed by atoms with Crippen LogP contribution >= 0.6 is 11.8 Å². The second-order valence-electron chi connectivity index (χ2n) is 3.73. The predicted octanol–water partition coefficient (Wildman–Crippen LogP) is 2.32. The third kappa shape index (κ3) is 3.16. The number of ketones is 1. The van der Waals surface area contributed by atoms with E-state index in [9.17, 15) is 9.59 Å². The Labute approximate surface area is 109 Å². The molecular weight excluding hydrogens is 252 g/mol. The number of Topliss-reactive ketones (excluding diaryl/α,β-unsaturated/α-hetero) is 1. The highest BCUT2D eigenvalue weighted by Gasteiger charge is 2.20. The van der Waals surface area contributed by atoms with Gasteiger partial charge in [0.2, 0.25) is 0 Å². The largest absolute Gasteiger partial charge is 0.497 e. The number of thioether (sulfide) groups is 1. The highest BCUT2D eigenvalue weighted by Crippen LogP contribution is 2.23. The summed E-state index contributed by atoms with van der Waals surface area (Å²) in [6.45, 7) is 0. The molecule has 94 valence electrons. The first kappa shape index (κ1) is 12.8. The molecule has 0 radical (unpaired) electrons. The van der Waals surface area contributed by atoms with Gasteiger partial charge in [0.1, 0.15) is 11.1 Å². The molecule has 1 aliphatic rings. The van der Waals surface area contributed by atoms with Crippen molar-refractivity contribution in [3.05, 3.63) is 29.8 Å². The Kier molecular flexibility index (Phi) is 4.09. The number of hydrogen-bond donors (Lipinski definition) is 0. The first-order valence-electron chi connectivity index (χ1n) is 5.41. The molecule has 5 nitrogen and oxygen atoms in total. The summed E-state index contributed by atoms with van der Waals surface area (Å²) in [4.78, 5) is 22.8. The van der Waals surface area contributed by atoms with Crippen LogP contribution in [-0.4, -0.2) is 29.9 Å². The van der Waals surface area contributed by atoms with Crippen molar-refractivity contribution in [3.8, 4) is 5.75 Å². The van der Waals surface area contributed by atoms with E-state index in [0.717, 1.165) is 0 Å². The van der Waals surface area contributed by atoms with Crippen molar-refractivity contribution >= 4 is 23.5 Å². The zero-order valence-electron chi connectivity index (χ0n) is 9.83. The van der Waals surface area contributed by atoms with Gasteiger partial charge in [0.25, 0.3) is 5.91 Å². The number of carbonyl (C=O) groups excluding carboxylic acids is 2. The van der Waals surface area contributed by atoms with E-state index in [1.54, 1.807) is 31.4 Å². The molecule has 1 heterocycles. The maximum absolute atomic E-state index is 12.0. The van der Waals surface area contributed by atoms with Crippen LogP contribution in [0.3, 0.4) is 0 Å². The Morgan fingerprint density at radius 1 is 1.44 bits per heavy atom. The van der Waals surface area contributed by atoms with Crippen molar-refractivity contribution in [2.75, 3.05) is 12.9 Å². The van der Waals surface area contributed by atoms with Crippen molar-refractivity contribution in [1.82, 2.24) is 0 Å². The third-order valence-corrected chi connectivity index (χ3v) is 3.53. The van der Waals surface area contributed by atoms with Gasteiger partial charge in [-0.15, -0.1) is 16.9 Å². The Morgan fingerprint density at radius 2 is 2.17 bits per heavy atom. The van der Waals surface area contributed by atoms with Gasteiger partial charge >= 0.3 is 0 Å². The second kappa shape index (κ2) is 5.77. The smallest absolute Gasteiger partial charge is 0.274 e. The van der Waals surface area contributed by atoms with Crippen molar-refractivity contribution in [2.24, 2.45) is 10.2 Å². The predicted molar refractivity (Wildman–Crippen MR) is 68.1 cm³/mol. The summed E-state index contributed by atoms with van der Waals surface area (Å²) >= 11 is 1.35. The Bertz CT molecular complexity index is 485. The number of methoxy groups -OCH3 is 1. The highest BCUT2D eigenvalue weighted by atomic mass is 32.2. The molecule has 0 bridgehead atoms. The summed E-state index contributed by atoms with van der Waals surface area (Å²) in [5.74, 6) is 0.754. The molecule has 1 aromatic rings. The van der Waals surface area contributed by atoms with E-state index in [1.807, 2.05) is 0 Å². The van der Waals surface area contributed by atoms with Gasteiger partial charge in [0.15, 0.2) is 5.78 Å². The van der Waals surface area contributed by atoms with Crippen LogP contribution < -0.4 is 4.74 Å². The van der Waals surface area contributed by atoms with Crippen LogP contribution in [0.4, 0.5) is 0 Å². The van der Waals surface area contributed by atoms with Crippen molar-refractivity contribution in [1.29, 1.82) is 0 Å². The monoisotopic (exact) mass is 264 g/mol. The molecule has 0 saturated heterocycles. The van der Waals surface area contributed by atoms with Gasteiger partial charge in [-0.05, 0) is 24.3 Å². The maximum Gasteiger partial charge on any atom is 0.274 e. The van der Waals surface area contributed by atoms with E-state index in [2.05, 4.69) is 10.2 Å². The highest BCUT2D eigenvalue weighted by molar-refractivity contribution is 8.00. The summed E-state index contributed by atoms with van der Waals surface area (Å²) in [7, 11) is 1.58. The van der Waals surface area contributed by atoms with Gasteiger partial charge in [-0.3, -0.25) is 9.59 Å². The Morgan fingerprint density at radius 3 is 2.72 bits per heavy atom. The third-order valence-electron chi connectivity index (χ3n) is 2.47. The van der Waals surface area contributed by atoms with E-state index < -0.39 is 0 Å². The number of amides is 1. The van der Waals surface area contributed by atoms with Crippen LogP contribution in [0.2, 0.25) is 0 Å². The SMILES string of the molecule is COc1ccc(C(=O)CC2N=NC(=O)CS2)cc1. The zero-order valence-corrected chi connectivity index (χ0v) is 10.6. The van der Waals surface area contributed by atoms with E-state index in [0.29, 0.717) is 17.1 Å². The van der Waals surface area contributed by atoms with Gasteiger partial charge in [0.05, 0.1) is 12.9 Å². The molecule has 1 aromatic carbocycles. The summed E-state index contributed by atoms with van der Waals surface area (Å²) in [6.07, 6.45) is 0.258. The number of carbonyl (C=O) groups is 2. The molecule has 0 fully saturated rings. The fraction of sp³-hybridized carbons (Fsp3) is 0.333. The van der Waals surface area contributed by atoms with Crippen molar-refractivity contribution in [3.63, 3.8) is 0 Å². The van der Waals surface area contributed by atoms with Gasteiger partial charge in [-0.2, -0.15) is 5.11 Å².